The van der Waals surface area contributed by atoms with Gasteiger partial charge in [0.05, 0.1) is 16.8 Å². The van der Waals surface area contributed by atoms with Crippen molar-refractivity contribution in [3.63, 3.8) is 0 Å². The minimum atomic E-state index is -0.189. The fourth-order valence-corrected chi connectivity index (χ4v) is 4.29. The van der Waals surface area contributed by atoms with Crippen molar-refractivity contribution in [1.82, 2.24) is 14.8 Å². The third-order valence-corrected chi connectivity index (χ3v) is 5.61. The second-order valence-corrected chi connectivity index (χ2v) is 7.29. The highest BCUT2D eigenvalue weighted by Gasteiger charge is 2.30. The van der Waals surface area contributed by atoms with E-state index in [1.165, 1.54) is 4.70 Å². The van der Waals surface area contributed by atoms with E-state index in [1.807, 2.05) is 11.0 Å². The Bertz CT molecular complexity index is 655. The van der Waals surface area contributed by atoms with E-state index in [0.29, 0.717) is 0 Å². The van der Waals surface area contributed by atoms with E-state index in [0.717, 1.165) is 62.7 Å². The molecule has 0 N–H and O–H groups in total. The highest BCUT2D eigenvalue weighted by Crippen LogP contribution is 2.23. The van der Waals surface area contributed by atoms with Crippen molar-refractivity contribution in [2.45, 2.75) is 25.5 Å². The summed E-state index contributed by atoms with van der Waals surface area (Å²) in [6, 6.07) is 8.27. The maximum absolute atomic E-state index is 12.4. The van der Waals surface area contributed by atoms with Gasteiger partial charge in [-0.25, -0.2) is 4.98 Å². The number of fused-ring (bicyclic) bond motifs is 1. The maximum atomic E-state index is 12.4. The third kappa shape index (κ3) is 3.24. The lowest BCUT2D eigenvalue weighted by Crippen LogP contribution is -2.51. The summed E-state index contributed by atoms with van der Waals surface area (Å²) in [6.07, 6.45) is 1.70. The van der Waals surface area contributed by atoms with E-state index < -0.39 is 0 Å². The lowest BCUT2D eigenvalue weighted by molar-refractivity contribution is -0.142. The number of aromatic nitrogens is 1. The highest BCUT2D eigenvalue weighted by molar-refractivity contribution is 7.18. The van der Waals surface area contributed by atoms with Gasteiger partial charge in [-0.3, -0.25) is 9.69 Å². The molecule has 1 amide bonds. The molecule has 2 aliphatic rings. The zero-order valence-electron chi connectivity index (χ0n) is 13.1. The molecule has 0 bridgehead atoms. The van der Waals surface area contributed by atoms with Crippen LogP contribution in [0.1, 0.15) is 17.8 Å². The summed E-state index contributed by atoms with van der Waals surface area (Å²) < 4.78 is 6.76. The lowest BCUT2D eigenvalue weighted by Gasteiger charge is -2.35. The molecule has 0 aliphatic carbocycles. The van der Waals surface area contributed by atoms with Crippen LogP contribution in [0.25, 0.3) is 10.2 Å². The number of benzene rings is 1. The smallest absolute Gasteiger partial charge is 0.251 e. The van der Waals surface area contributed by atoms with Crippen LogP contribution >= 0.6 is 11.3 Å². The van der Waals surface area contributed by atoms with Gasteiger partial charge in [-0.05, 0) is 25.0 Å². The van der Waals surface area contributed by atoms with Crippen molar-refractivity contribution in [2.75, 3.05) is 32.8 Å². The molecule has 0 spiro atoms. The summed E-state index contributed by atoms with van der Waals surface area (Å²) in [6.45, 7) is 5.02. The zero-order chi connectivity index (χ0) is 15.6. The summed E-state index contributed by atoms with van der Waals surface area (Å²) in [5, 5.41) is 1.16. The van der Waals surface area contributed by atoms with Gasteiger partial charge < -0.3 is 9.64 Å². The van der Waals surface area contributed by atoms with Gasteiger partial charge in [-0.15, -0.1) is 11.3 Å². The number of hydrogen-bond donors (Lipinski definition) is 0. The van der Waals surface area contributed by atoms with Crippen LogP contribution in [0.15, 0.2) is 24.3 Å². The number of ether oxygens (including phenoxy) is 1. The first-order valence-electron chi connectivity index (χ1n) is 8.27. The lowest BCUT2D eigenvalue weighted by atomic mass is 10.2. The Balaban J connectivity index is 1.33. The second kappa shape index (κ2) is 6.55. The normalized spacial score (nSPS) is 22.8. The van der Waals surface area contributed by atoms with Crippen LogP contribution in [-0.2, 0) is 16.1 Å². The molecule has 0 unspecified atom stereocenters. The van der Waals surface area contributed by atoms with Crippen molar-refractivity contribution in [1.29, 1.82) is 0 Å². The van der Waals surface area contributed by atoms with Crippen molar-refractivity contribution >= 4 is 27.5 Å². The average molecular weight is 331 g/mol. The predicted molar refractivity (Wildman–Crippen MR) is 90.5 cm³/mol. The van der Waals surface area contributed by atoms with E-state index in [2.05, 4.69) is 23.1 Å². The van der Waals surface area contributed by atoms with E-state index in [9.17, 15) is 4.79 Å². The quantitative estimate of drug-likeness (QED) is 0.864. The van der Waals surface area contributed by atoms with Gasteiger partial charge in [0.15, 0.2) is 0 Å². The molecule has 5 nitrogen and oxygen atoms in total. The van der Waals surface area contributed by atoms with Gasteiger partial charge >= 0.3 is 0 Å². The van der Waals surface area contributed by atoms with Crippen molar-refractivity contribution in [3.8, 4) is 0 Å². The molecule has 23 heavy (non-hydrogen) atoms. The number of piperazine rings is 1. The minimum Gasteiger partial charge on any atom is -0.368 e. The summed E-state index contributed by atoms with van der Waals surface area (Å²) in [5.74, 6) is 0.183. The molecule has 122 valence electrons. The Morgan fingerprint density at radius 1 is 1.26 bits per heavy atom. The Kier molecular flexibility index (Phi) is 4.29. The Labute approximate surface area is 139 Å². The van der Waals surface area contributed by atoms with E-state index >= 15 is 0 Å². The monoisotopic (exact) mass is 331 g/mol. The van der Waals surface area contributed by atoms with Crippen molar-refractivity contribution in [3.05, 3.63) is 29.3 Å². The first-order chi connectivity index (χ1) is 11.3. The summed E-state index contributed by atoms with van der Waals surface area (Å²) in [4.78, 5) is 21.4. The Morgan fingerprint density at radius 3 is 2.83 bits per heavy atom. The molecular formula is C17H21N3O2S. The number of carbonyl (C=O) groups is 1. The van der Waals surface area contributed by atoms with Crippen LogP contribution in [0.5, 0.6) is 0 Å². The second-order valence-electron chi connectivity index (χ2n) is 6.18. The van der Waals surface area contributed by atoms with Crippen LogP contribution in [-0.4, -0.2) is 59.6 Å². The van der Waals surface area contributed by atoms with Gasteiger partial charge in [0.1, 0.15) is 11.1 Å². The molecule has 2 aromatic rings. The highest BCUT2D eigenvalue weighted by atomic mass is 32.1. The molecule has 2 saturated heterocycles. The van der Waals surface area contributed by atoms with Crippen LogP contribution in [0.2, 0.25) is 0 Å². The molecule has 4 rings (SSSR count). The van der Waals surface area contributed by atoms with E-state index in [1.54, 1.807) is 11.3 Å². The Hall–Kier alpha value is -1.50. The molecule has 6 heteroatoms. The first kappa shape index (κ1) is 15.1. The number of rotatable bonds is 3. The van der Waals surface area contributed by atoms with Crippen molar-refractivity contribution in [2.24, 2.45) is 0 Å². The average Bonchev–Trinajstić information content (AvgIpc) is 3.24. The Morgan fingerprint density at radius 2 is 2.09 bits per heavy atom. The van der Waals surface area contributed by atoms with Gasteiger partial charge in [0.25, 0.3) is 5.91 Å². The molecule has 0 radical (unpaired) electrons. The van der Waals surface area contributed by atoms with Crippen molar-refractivity contribution < 1.29 is 9.53 Å². The molecule has 1 atom stereocenters. The van der Waals surface area contributed by atoms with Gasteiger partial charge in [0.2, 0.25) is 0 Å². The summed E-state index contributed by atoms with van der Waals surface area (Å²) in [5.41, 5.74) is 1.08. The molecule has 2 aliphatic heterocycles. The predicted octanol–water partition coefficient (Wildman–Crippen LogP) is 2.12. The minimum absolute atomic E-state index is 0.183. The summed E-state index contributed by atoms with van der Waals surface area (Å²) >= 11 is 1.77. The number of para-hydroxylation sites is 1. The number of hydrogen-bond acceptors (Lipinski definition) is 5. The van der Waals surface area contributed by atoms with Gasteiger partial charge in [0, 0.05) is 32.8 Å². The van der Waals surface area contributed by atoms with E-state index in [4.69, 9.17) is 9.72 Å². The third-order valence-electron chi connectivity index (χ3n) is 4.59. The van der Waals surface area contributed by atoms with Gasteiger partial charge in [-0.2, -0.15) is 0 Å². The number of thiazole rings is 1. The number of carbonyl (C=O) groups excluding carboxylic acids is 1. The van der Waals surface area contributed by atoms with Crippen LogP contribution in [0, 0.1) is 0 Å². The fraction of sp³-hybridized carbons (Fsp3) is 0.529. The maximum Gasteiger partial charge on any atom is 0.251 e. The SMILES string of the molecule is O=C([C@@H]1CCCO1)N1CCN(Cc2nc3ccccc3s2)CC1. The molecule has 1 aromatic carbocycles. The molecule has 1 aromatic heterocycles. The largest absolute Gasteiger partial charge is 0.368 e. The standard InChI is InChI=1S/C17H21N3O2S/c21-17(14-5-3-11-22-14)20-9-7-19(8-10-20)12-16-18-13-4-1-2-6-15(13)23-16/h1-2,4,6,14H,3,5,7-12H2/t14-/m0/s1. The molecule has 3 heterocycles. The molecule has 0 saturated carbocycles. The number of nitrogens with zero attached hydrogens (tertiary/aromatic N) is 3. The van der Waals surface area contributed by atoms with Gasteiger partial charge in [-0.1, -0.05) is 12.1 Å². The van der Waals surface area contributed by atoms with Crippen LogP contribution < -0.4 is 0 Å². The fourth-order valence-electron chi connectivity index (χ4n) is 3.28. The van der Waals surface area contributed by atoms with Crippen LogP contribution in [0.4, 0.5) is 0 Å². The van der Waals surface area contributed by atoms with Crippen LogP contribution in [0.3, 0.4) is 0 Å². The summed E-state index contributed by atoms with van der Waals surface area (Å²) in [7, 11) is 0. The molecular weight excluding hydrogens is 310 g/mol. The van der Waals surface area contributed by atoms with E-state index in [-0.39, 0.29) is 12.0 Å². The number of amides is 1. The first-order valence-corrected chi connectivity index (χ1v) is 9.08. The zero-order valence-corrected chi connectivity index (χ0v) is 13.9. The topological polar surface area (TPSA) is 45.7 Å². The molecule has 2 fully saturated rings.